The molecule has 21 heavy (non-hydrogen) atoms. The van der Waals surface area contributed by atoms with Crippen molar-refractivity contribution in [2.75, 3.05) is 11.9 Å². The average molecular weight is 286 g/mol. The maximum Gasteiger partial charge on any atom is 0.226 e. The lowest BCUT2D eigenvalue weighted by molar-refractivity contribution is -0.116. The van der Waals surface area contributed by atoms with E-state index in [4.69, 9.17) is 5.73 Å². The number of nitrogens with one attached hydrogen (secondary N) is 1. The Labute approximate surface area is 125 Å². The van der Waals surface area contributed by atoms with Crippen molar-refractivity contribution in [1.29, 1.82) is 0 Å². The lowest BCUT2D eigenvalue weighted by Crippen LogP contribution is -2.18. The van der Waals surface area contributed by atoms with Gasteiger partial charge in [0.15, 0.2) is 0 Å². The molecule has 0 aliphatic rings. The van der Waals surface area contributed by atoms with E-state index in [9.17, 15) is 4.79 Å². The molecular weight excluding hydrogens is 264 g/mol. The molecule has 0 bridgehead atoms. The lowest BCUT2D eigenvalue weighted by Gasteiger charge is -2.08. The second-order valence-corrected chi connectivity index (χ2v) is 5.44. The van der Waals surface area contributed by atoms with Gasteiger partial charge >= 0.3 is 0 Å². The van der Waals surface area contributed by atoms with Crippen LogP contribution in [0.5, 0.6) is 0 Å². The molecule has 0 radical (unpaired) electrons. The summed E-state index contributed by atoms with van der Waals surface area (Å²) in [4.78, 5) is 11.8. The zero-order valence-electron chi connectivity index (χ0n) is 12.8. The summed E-state index contributed by atoms with van der Waals surface area (Å²) in [5.74, 6) is 0.879. The van der Waals surface area contributed by atoms with Crippen LogP contribution < -0.4 is 11.1 Å². The van der Waals surface area contributed by atoms with Gasteiger partial charge in [0.2, 0.25) is 5.91 Å². The van der Waals surface area contributed by atoms with Gasteiger partial charge in [-0.15, -0.1) is 0 Å². The predicted octanol–water partition coefficient (Wildman–Crippen LogP) is 2.59. The summed E-state index contributed by atoms with van der Waals surface area (Å²) in [7, 11) is 0. The lowest BCUT2D eigenvalue weighted by atomic mass is 10.1. The van der Waals surface area contributed by atoms with Gasteiger partial charge in [0.25, 0.3) is 0 Å². The van der Waals surface area contributed by atoms with Gasteiger partial charge in [0.05, 0.1) is 11.4 Å². The molecule has 1 aromatic heterocycles. The first-order chi connectivity index (χ1) is 10.0. The number of anilines is 1. The summed E-state index contributed by atoms with van der Waals surface area (Å²) < 4.78 is 1.77. The third kappa shape index (κ3) is 3.70. The molecule has 0 aliphatic carbocycles. The highest BCUT2D eigenvalue weighted by Gasteiger charge is 2.14. The molecule has 5 heteroatoms. The van der Waals surface area contributed by atoms with Crippen LogP contribution in [-0.2, 0) is 4.79 Å². The number of aromatic nitrogens is 2. The number of carbonyl (C=O) groups is 1. The van der Waals surface area contributed by atoms with Gasteiger partial charge in [-0.1, -0.05) is 31.5 Å². The summed E-state index contributed by atoms with van der Waals surface area (Å²) in [6.07, 6.45) is 0.302. The fourth-order valence-electron chi connectivity index (χ4n) is 1.99. The maximum absolute atomic E-state index is 11.8. The Morgan fingerprint density at radius 2 is 2.00 bits per heavy atom. The molecule has 0 unspecified atom stereocenters. The molecule has 1 amide bonds. The summed E-state index contributed by atoms with van der Waals surface area (Å²) >= 11 is 0. The number of amides is 1. The average Bonchev–Trinajstić information content (AvgIpc) is 2.84. The number of benzene rings is 1. The number of nitrogens with two attached hydrogens (primary N) is 1. The minimum atomic E-state index is -0.0962. The molecule has 0 atom stereocenters. The molecule has 0 saturated carbocycles. The maximum atomic E-state index is 11.8. The van der Waals surface area contributed by atoms with Crippen molar-refractivity contribution in [3.63, 3.8) is 0 Å². The Morgan fingerprint density at radius 1 is 1.33 bits per heavy atom. The van der Waals surface area contributed by atoms with Crippen molar-refractivity contribution < 1.29 is 4.79 Å². The summed E-state index contributed by atoms with van der Waals surface area (Å²) in [6.45, 7) is 6.53. The minimum absolute atomic E-state index is 0.0962. The SMILES string of the molecule is Cc1ccc(-n2nc(C(C)C)cc2NC(=O)CCN)cc1. The largest absolute Gasteiger partial charge is 0.330 e. The van der Waals surface area contributed by atoms with Crippen LogP contribution in [0.15, 0.2) is 30.3 Å². The third-order valence-electron chi connectivity index (χ3n) is 3.24. The van der Waals surface area contributed by atoms with E-state index in [1.807, 2.05) is 37.3 Å². The molecule has 5 nitrogen and oxygen atoms in total. The number of hydrogen-bond acceptors (Lipinski definition) is 3. The number of rotatable bonds is 5. The fraction of sp³-hybridized carbons (Fsp3) is 0.375. The molecule has 0 spiro atoms. The number of hydrogen-bond donors (Lipinski definition) is 2. The highest BCUT2D eigenvalue weighted by molar-refractivity contribution is 5.90. The molecule has 0 saturated heterocycles. The predicted molar refractivity (Wildman–Crippen MR) is 84.7 cm³/mol. The normalized spacial score (nSPS) is 10.9. The quantitative estimate of drug-likeness (QED) is 0.887. The molecule has 112 valence electrons. The number of nitrogens with zero attached hydrogens (tertiary/aromatic N) is 2. The van der Waals surface area contributed by atoms with E-state index in [1.165, 1.54) is 5.56 Å². The van der Waals surface area contributed by atoms with Gasteiger partial charge in [-0.2, -0.15) is 5.10 Å². The first-order valence-corrected chi connectivity index (χ1v) is 7.18. The van der Waals surface area contributed by atoms with E-state index in [0.717, 1.165) is 11.4 Å². The molecule has 0 fully saturated rings. The van der Waals surface area contributed by atoms with E-state index < -0.39 is 0 Å². The van der Waals surface area contributed by atoms with Gasteiger partial charge in [0.1, 0.15) is 5.82 Å². The third-order valence-corrected chi connectivity index (χ3v) is 3.24. The van der Waals surface area contributed by atoms with E-state index in [0.29, 0.717) is 24.7 Å². The Bertz CT molecular complexity index is 614. The van der Waals surface area contributed by atoms with E-state index in [-0.39, 0.29) is 5.91 Å². The van der Waals surface area contributed by atoms with Gasteiger partial charge in [-0.25, -0.2) is 4.68 Å². The van der Waals surface area contributed by atoms with Crippen molar-refractivity contribution in [2.45, 2.75) is 33.1 Å². The molecular formula is C16H22N4O. The summed E-state index contributed by atoms with van der Waals surface area (Å²) in [5.41, 5.74) is 8.47. The molecule has 1 aromatic carbocycles. The van der Waals surface area contributed by atoms with E-state index in [1.54, 1.807) is 4.68 Å². The van der Waals surface area contributed by atoms with Gasteiger partial charge in [0, 0.05) is 19.0 Å². The van der Waals surface area contributed by atoms with Crippen LogP contribution >= 0.6 is 0 Å². The number of aryl methyl sites for hydroxylation is 1. The van der Waals surface area contributed by atoms with Crippen LogP contribution in [0.4, 0.5) is 5.82 Å². The zero-order chi connectivity index (χ0) is 15.4. The van der Waals surface area contributed by atoms with Crippen molar-refractivity contribution in [2.24, 2.45) is 5.73 Å². The van der Waals surface area contributed by atoms with E-state index >= 15 is 0 Å². The van der Waals surface area contributed by atoms with Crippen molar-refractivity contribution >= 4 is 11.7 Å². The zero-order valence-corrected chi connectivity index (χ0v) is 12.8. The Hall–Kier alpha value is -2.14. The highest BCUT2D eigenvalue weighted by atomic mass is 16.1. The van der Waals surface area contributed by atoms with Crippen LogP contribution in [0.1, 0.15) is 37.4 Å². The Kier molecular flexibility index (Phi) is 4.75. The van der Waals surface area contributed by atoms with Crippen LogP contribution in [-0.4, -0.2) is 22.2 Å². The Morgan fingerprint density at radius 3 is 2.57 bits per heavy atom. The van der Waals surface area contributed by atoms with Gasteiger partial charge in [-0.05, 0) is 25.0 Å². The minimum Gasteiger partial charge on any atom is -0.330 e. The molecule has 2 rings (SSSR count). The molecule has 1 heterocycles. The summed E-state index contributed by atoms with van der Waals surface area (Å²) in [5, 5.41) is 7.47. The Balaban J connectivity index is 2.38. The van der Waals surface area contributed by atoms with Gasteiger partial charge < -0.3 is 11.1 Å². The van der Waals surface area contributed by atoms with E-state index in [2.05, 4.69) is 24.3 Å². The van der Waals surface area contributed by atoms with Crippen molar-refractivity contribution in [3.8, 4) is 5.69 Å². The van der Waals surface area contributed by atoms with Crippen LogP contribution in [0.2, 0.25) is 0 Å². The second kappa shape index (κ2) is 6.54. The van der Waals surface area contributed by atoms with Gasteiger partial charge in [-0.3, -0.25) is 4.79 Å². The fourth-order valence-corrected chi connectivity index (χ4v) is 1.99. The second-order valence-electron chi connectivity index (χ2n) is 5.44. The topological polar surface area (TPSA) is 72.9 Å². The molecule has 0 aliphatic heterocycles. The van der Waals surface area contributed by atoms with Crippen LogP contribution in [0.3, 0.4) is 0 Å². The first kappa shape index (κ1) is 15.3. The van der Waals surface area contributed by atoms with Crippen LogP contribution in [0.25, 0.3) is 5.69 Å². The summed E-state index contributed by atoms with van der Waals surface area (Å²) in [6, 6.07) is 9.95. The molecule has 3 N–H and O–H groups in total. The standard InChI is InChI=1S/C16H22N4O/c1-11(2)14-10-15(18-16(21)8-9-17)20(19-14)13-6-4-12(3)5-7-13/h4-7,10-11H,8-9,17H2,1-3H3,(H,18,21). The smallest absolute Gasteiger partial charge is 0.226 e. The van der Waals surface area contributed by atoms with Crippen molar-refractivity contribution in [3.05, 3.63) is 41.6 Å². The van der Waals surface area contributed by atoms with Crippen LogP contribution in [0, 0.1) is 6.92 Å². The van der Waals surface area contributed by atoms with Crippen molar-refractivity contribution in [1.82, 2.24) is 9.78 Å². The monoisotopic (exact) mass is 286 g/mol. The molecule has 2 aromatic rings. The highest BCUT2D eigenvalue weighted by Crippen LogP contribution is 2.22. The number of carbonyl (C=O) groups excluding carboxylic acids is 1. The first-order valence-electron chi connectivity index (χ1n) is 7.18.